The van der Waals surface area contributed by atoms with Crippen molar-refractivity contribution in [3.05, 3.63) is 41.5 Å². The van der Waals surface area contributed by atoms with Crippen LogP contribution < -0.4 is 0 Å². The predicted octanol–water partition coefficient (Wildman–Crippen LogP) is 1.85. The highest BCUT2D eigenvalue weighted by molar-refractivity contribution is 5.78. The maximum atomic E-state index is 10.6. The topological polar surface area (TPSA) is 57.5 Å². The third-order valence-corrected chi connectivity index (χ3v) is 2.87. The molecule has 0 heterocycles. The summed E-state index contributed by atoms with van der Waals surface area (Å²) < 4.78 is 0. The molecule has 1 atom stereocenters. The number of aliphatic hydroxyl groups excluding tert-OH is 1. The fourth-order valence-electron chi connectivity index (χ4n) is 2.05. The van der Waals surface area contributed by atoms with Gasteiger partial charge in [-0.2, -0.15) is 0 Å². The zero-order valence-corrected chi connectivity index (χ0v) is 8.89. The van der Waals surface area contributed by atoms with Crippen LogP contribution in [0.2, 0.25) is 0 Å². The number of benzene rings is 1. The highest BCUT2D eigenvalue weighted by Crippen LogP contribution is 2.29. The Bertz CT molecular complexity index is 435. The number of fused-ring (bicyclic) bond motifs is 1. The maximum absolute atomic E-state index is 10.6. The molecule has 1 aliphatic carbocycles. The summed E-state index contributed by atoms with van der Waals surface area (Å²) >= 11 is 0. The minimum Gasteiger partial charge on any atom is -0.479 e. The van der Waals surface area contributed by atoms with Gasteiger partial charge < -0.3 is 10.2 Å². The minimum atomic E-state index is -1.31. The zero-order valence-electron chi connectivity index (χ0n) is 8.89. The second kappa shape index (κ2) is 4.49. The molecule has 3 nitrogen and oxygen atoms in total. The SMILES string of the molecule is O=C(O)[C@H](O)CC1=CCCc2ccccc21. The van der Waals surface area contributed by atoms with Crippen molar-refractivity contribution in [2.24, 2.45) is 0 Å². The van der Waals surface area contributed by atoms with Crippen LogP contribution in [0.25, 0.3) is 5.57 Å². The average molecular weight is 218 g/mol. The van der Waals surface area contributed by atoms with E-state index in [4.69, 9.17) is 5.11 Å². The van der Waals surface area contributed by atoms with Gasteiger partial charge in [-0.15, -0.1) is 0 Å². The molecule has 0 saturated heterocycles. The number of aliphatic hydroxyl groups is 1. The van der Waals surface area contributed by atoms with E-state index in [9.17, 15) is 9.90 Å². The van der Waals surface area contributed by atoms with Gasteiger partial charge in [-0.25, -0.2) is 4.79 Å². The van der Waals surface area contributed by atoms with Gasteiger partial charge in [0.25, 0.3) is 0 Å². The molecule has 1 aromatic carbocycles. The first kappa shape index (κ1) is 10.9. The zero-order chi connectivity index (χ0) is 11.5. The standard InChI is InChI=1S/C13H14O3/c14-12(13(15)16)8-10-6-3-5-9-4-1-2-7-11(9)10/h1-2,4,6-7,12,14H,3,5,8H2,(H,15,16)/t12-/m1/s1. The summed E-state index contributed by atoms with van der Waals surface area (Å²) in [4.78, 5) is 10.6. The molecule has 0 bridgehead atoms. The molecular weight excluding hydrogens is 204 g/mol. The van der Waals surface area contributed by atoms with Gasteiger partial charge in [0.05, 0.1) is 0 Å². The number of carboxylic acid groups (broad SMARTS) is 1. The largest absolute Gasteiger partial charge is 0.479 e. The summed E-state index contributed by atoms with van der Waals surface area (Å²) in [6.45, 7) is 0. The van der Waals surface area contributed by atoms with Gasteiger partial charge in [0.15, 0.2) is 6.10 Å². The number of aryl methyl sites for hydroxylation is 1. The number of rotatable bonds is 3. The quantitative estimate of drug-likeness (QED) is 0.814. The number of allylic oxidation sites excluding steroid dienone is 1. The highest BCUT2D eigenvalue weighted by atomic mass is 16.4. The Morgan fingerprint density at radius 2 is 2.12 bits per heavy atom. The third-order valence-electron chi connectivity index (χ3n) is 2.87. The minimum absolute atomic E-state index is 0.187. The van der Waals surface area contributed by atoms with Crippen LogP contribution in [-0.2, 0) is 11.2 Å². The molecule has 0 amide bonds. The molecule has 0 aliphatic heterocycles. The smallest absolute Gasteiger partial charge is 0.332 e. The van der Waals surface area contributed by atoms with E-state index < -0.39 is 12.1 Å². The van der Waals surface area contributed by atoms with Gasteiger partial charge in [-0.05, 0) is 29.5 Å². The van der Waals surface area contributed by atoms with E-state index in [0.717, 1.165) is 24.0 Å². The van der Waals surface area contributed by atoms with Crippen molar-refractivity contribution in [3.63, 3.8) is 0 Å². The van der Waals surface area contributed by atoms with E-state index in [1.165, 1.54) is 5.56 Å². The van der Waals surface area contributed by atoms with Gasteiger partial charge in [0.2, 0.25) is 0 Å². The summed E-state index contributed by atoms with van der Waals surface area (Å²) in [5, 5.41) is 18.0. The molecule has 0 saturated carbocycles. The van der Waals surface area contributed by atoms with Gasteiger partial charge in [0.1, 0.15) is 0 Å². The van der Waals surface area contributed by atoms with Crippen LogP contribution in [0.3, 0.4) is 0 Å². The number of carbonyl (C=O) groups is 1. The summed E-state index contributed by atoms with van der Waals surface area (Å²) in [6, 6.07) is 7.95. The van der Waals surface area contributed by atoms with E-state index >= 15 is 0 Å². The van der Waals surface area contributed by atoms with Crippen LogP contribution in [0.15, 0.2) is 30.3 Å². The van der Waals surface area contributed by atoms with Gasteiger partial charge in [-0.1, -0.05) is 30.3 Å². The molecule has 16 heavy (non-hydrogen) atoms. The number of carboxylic acids is 1. The second-order valence-electron chi connectivity index (χ2n) is 3.98. The van der Waals surface area contributed by atoms with E-state index in [1.807, 2.05) is 24.3 Å². The monoisotopic (exact) mass is 218 g/mol. The molecular formula is C13H14O3. The summed E-state index contributed by atoms with van der Waals surface area (Å²) in [6.07, 6.45) is 2.81. The summed E-state index contributed by atoms with van der Waals surface area (Å²) in [5.74, 6) is -1.16. The van der Waals surface area contributed by atoms with Crippen LogP contribution >= 0.6 is 0 Å². The van der Waals surface area contributed by atoms with Gasteiger partial charge >= 0.3 is 5.97 Å². The molecule has 1 aliphatic rings. The van der Waals surface area contributed by atoms with Gasteiger partial charge in [-0.3, -0.25) is 0 Å². The summed E-state index contributed by atoms with van der Waals surface area (Å²) in [7, 11) is 0. The van der Waals surface area contributed by atoms with Crippen molar-refractivity contribution in [2.45, 2.75) is 25.4 Å². The van der Waals surface area contributed by atoms with Crippen molar-refractivity contribution >= 4 is 11.5 Å². The Morgan fingerprint density at radius 1 is 1.38 bits per heavy atom. The van der Waals surface area contributed by atoms with E-state index in [1.54, 1.807) is 0 Å². The van der Waals surface area contributed by atoms with E-state index in [-0.39, 0.29) is 6.42 Å². The van der Waals surface area contributed by atoms with Crippen LogP contribution in [0.5, 0.6) is 0 Å². The molecule has 84 valence electrons. The average Bonchev–Trinajstić information content (AvgIpc) is 2.29. The Hall–Kier alpha value is -1.61. The summed E-state index contributed by atoms with van der Waals surface area (Å²) in [5.41, 5.74) is 3.25. The van der Waals surface area contributed by atoms with Crippen molar-refractivity contribution in [2.75, 3.05) is 0 Å². The van der Waals surface area contributed by atoms with Crippen molar-refractivity contribution in [1.29, 1.82) is 0 Å². The van der Waals surface area contributed by atoms with Crippen LogP contribution in [0.4, 0.5) is 0 Å². The maximum Gasteiger partial charge on any atom is 0.332 e. The van der Waals surface area contributed by atoms with E-state index in [0.29, 0.717) is 0 Å². The Balaban J connectivity index is 2.23. The molecule has 0 aromatic heterocycles. The third kappa shape index (κ3) is 2.14. The molecule has 3 heteroatoms. The molecule has 2 rings (SSSR count). The van der Waals surface area contributed by atoms with Gasteiger partial charge in [0, 0.05) is 6.42 Å². The molecule has 0 fully saturated rings. The second-order valence-corrected chi connectivity index (χ2v) is 3.98. The lowest BCUT2D eigenvalue weighted by Crippen LogP contribution is -2.20. The number of aliphatic carboxylic acids is 1. The molecule has 2 N–H and O–H groups in total. The Labute approximate surface area is 94.0 Å². The van der Waals surface area contributed by atoms with Crippen molar-refractivity contribution in [3.8, 4) is 0 Å². The molecule has 0 radical (unpaired) electrons. The molecule has 0 spiro atoms. The van der Waals surface area contributed by atoms with Crippen LogP contribution in [0.1, 0.15) is 24.0 Å². The number of hydrogen-bond donors (Lipinski definition) is 2. The number of hydrogen-bond acceptors (Lipinski definition) is 2. The lowest BCUT2D eigenvalue weighted by molar-refractivity contribution is -0.146. The highest BCUT2D eigenvalue weighted by Gasteiger charge is 2.19. The van der Waals surface area contributed by atoms with E-state index in [2.05, 4.69) is 6.07 Å². The first-order chi connectivity index (χ1) is 7.68. The lowest BCUT2D eigenvalue weighted by Gasteiger charge is -2.18. The Kier molecular flexibility index (Phi) is 3.06. The fourth-order valence-corrected chi connectivity index (χ4v) is 2.05. The van der Waals surface area contributed by atoms with Crippen molar-refractivity contribution < 1.29 is 15.0 Å². The normalized spacial score (nSPS) is 16.2. The molecule has 0 unspecified atom stereocenters. The van der Waals surface area contributed by atoms with Crippen LogP contribution in [0, 0.1) is 0 Å². The predicted molar refractivity (Wildman–Crippen MR) is 61.0 cm³/mol. The lowest BCUT2D eigenvalue weighted by atomic mass is 9.88. The first-order valence-corrected chi connectivity index (χ1v) is 5.36. The Morgan fingerprint density at radius 3 is 2.88 bits per heavy atom. The van der Waals surface area contributed by atoms with Crippen LogP contribution in [-0.4, -0.2) is 22.3 Å². The fraction of sp³-hybridized carbons (Fsp3) is 0.308. The first-order valence-electron chi connectivity index (χ1n) is 5.36. The van der Waals surface area contributed by atoms with Crippen molar-refractivity contribution in [1.82, 2.24) is 0 Å². The molecule has 1 aromatic rings.